The SMILES string of the molecule is CCn1c(=O)c(O)cn(C)c1=O. The Kier molecular flexibility index (Phi) is 2.03. The minimum atomic E-state index is -0.638. The molecule has 12 heavy (non-hydrogen) atoms. The largest absolute Gasteiger partial charge is 0.502 e. The molecule has 0 fully saturated rings. The highest BCUT2D eigenvalue weighted by molar-refractivity contribution is 5.10. The molecular formula is C7H10N2O3. The van der Waals surface area contributed by atoms with Crippen LogP contribution in [-0.4, -0.2) is 14.2 Å². The molecule has 0 aliphatic rings. The van der Waals surface area contributed by atoms with Crippen molar-refractivity contribution in [1.82, 2.24) is 9.13 Å². The molecule has 0 radical (unpaired) electrons. The molecule has 0 aliphatic heterocycles. The lowest BCUT2D eigenvalue weighted by Gasteiger charge is -2.03. The molecule has 0 saturated heterocycles. The summed E-state index contributed by atoms with van der Waals surface area (Å²) in [5.74, 6) is -0.404. The normalized spacial score (nSPS) is 10.2. The molecule has 1 aromatic heterocycles. The summed E-state index contributed by atoms with van der Waals surface area (Å²) in [6.45, 7) is 1.93. The van der Waals surface area contributed by atoms with Gasteiger partial charge in [0, 0.05) is 13.6 Å². The van der Waals surface area contributed by atoms with E-state index in [0.717, 1.165) is 10.8 Å². The standard InChI is InChI=1S/C7H10N2O3/c1-3-9-6(11)5(10)4-8(2)7(9)12/h4,10H,3H2,1-2H3. The summed E-state index contributed by atoms with van der Waals surface area (Å²) in [4.78, 5) is 22.3. The van der Waals surface area contributed by atoms with Crippen molar-refractivity contribution in [2.45, 2.75) is 13.5 Å². The Balaban J connectivity index is 3.65. The van der Waals surface area contributed by atoms with Crippen molar-refractivity contribution in [2.75, 3.05) is 0 Å². The van der Waals surface area contributed by atoms with E-state index in [-0.39, 0.29) is 6.54 Å². The van der Waals surface area contributed by atoms with E-state index in [4.69, 9.17) is 5.11 Å². The Bertz CT molecular complexity index is 368. The Labute approximate surface area is 68.5 Å². The molecule has 0 saturated carbocycles. The third kappa shape index (κ3) is 1.13. The molecule has 1 heterocycles. The number of nitrogens with zero attached hydrogens (tertiary/aromatic N) is 2. The predicted octanol–water partition coefficient (Wildman–Crippen LogP) is -0.728. The third-order valence-corrected chi connectivity index (χ3v) is 1.63. The van der Waals surface area contributed by atoms with Gasteiger partial charge in [-0.2, -0.15) is 0 Å². The molecule has 0 amide bonds. The Morgan fingerprint density at radius 3 is 2.58 bits per heavy atom. The zero-order chi connectivity index (χ0) is 9.30. The highest BCUT2D eigenvalue weighted by Gasteiger charge is 2.05. The smallest absolute Gasteiger partial charge is 0.330 e. The zero-order valence-electron chi connectivity index (χ0n) is 6.94. The summed E-state index contributed by atoms with van der Waals surface area (Å²) in [5, 5.41) is 9.04. The first kappa shape index (κ1) is 8.58. The molecule has 0 unspecified atom stereocenters. The van der Waals surface area contributed by atoms with Gasteiger partial charge in [-0.25, -0.2) is 4.79 Å². The van der Waals surface area contributed by atoms with Crippen LogP contribution < -0.4 is 11.2 Å². The average Bonchev–Trinajstić information content (AvgIpc) is 2.02. The lowest BCUT2D eigenvalue weighted by molar-refractivity contribution is 0.441. The van der Waals surface area contributed by atoms with E-state index >= 15 is 0 Å². The fraction of sp³-hybridized carbons (Fsp3) is 0.429. The van der Waals surface area contributed by atoms with Gasteiger partial charge >= 0.3 is 5.69 Å². The first-order valence-corrected chi connectivity index (χ1v) is 3.57. The van der Waals surface area contributed by atoms with Crippen LogP contribution in [0, 0.1) is 0 Å². The van der Waals surface area contributed by atoms with Crippen molar-refractivity contribution in [3.05, 3.63) is 27.0 Å². The van der Waals surface area contributed by atoms with Crippen molar-refractivity contribution in [3.63, 3.8) is 0 Å². The Hall–Kier alpha value is -1.52. The fourth-order valence-electron chi connectivity index (χ4n) is 0.988. The van der Waals surface area contributed by atoms with Crippen LogP contribution in [0.1, 0.15) is 6.92 Å². The molecule has 5 nitrogen and oxygen atoms in total. The van der Waals surface area contributed by atoms with Gasteiger partial charge in [-0.3, -0.25) is 13.9 Å². The molecule has 0 bridgehead atoms. The monoisotopic (exact) mass is 170 g/mol. The minimum Gasteiger partial charge on any atom is -0.502 e. The van der Waals surface area contributed by atoms with Gasteiger partial charge in [-0.15, -0.1) is 0 Å². The Morgan fingerprint density at radius 2 is 2.08 bits per heavy atom. The minimum absolute atomic E-state index is 0.264. The van der Waals surface area contributed by atoms with E-state index in [9.17, 15) is 9.59 Å². The number of hydrogen-bond donors (Lipinski definition) is 1. The summed E-state index contributed by atoms with van der Waals surface area (Å²) in [6.07, 6.45) is 1.11. The third-order valence-electron chi connectivity index (χ3n) is 1.63. The molecule has 1 aromatic rings. The van der Waals surface area contributed by atoms with Gasteiger partial charge in [-0.05, 0) is 6.92 Å². The highest BCUT2D eigenvalue weighted by atomic mass is 16.3. The molecule has 0 atom stereocenters. The van der Waals surface area contributed by atoms with E-state index in [1.165, 1.54) is 11.6 Å². The second-order valence-electron chi connectivity index (χ2n) is 2.46. The lowest BCUT2D eigenvalue weighted by Crippen LogP contribution is -2.37. The van der Waals surface area contributed by atoms with Crippen molar-refractivity contribution < 1.29 is 5.11 Å². The van der Waals surface area contributed by atoms with Crippen molar-refractivity contribution >= 4 is 0 Å². The first-order chi connectivity index (χ1) is 5.57. The second-order valence-corrected chi connectivity index (χ2v) is 2.46. The summed E-state index contributed by atoms with van der Waals surface area (Å²) in [6, 6.07) is 0. The number of rotatable bonds is 1. The average molecular weight is 170 g/mol. The molecular weight excluding hydrogens is 160 g/mol. The van der Waals surface area contributed by atoms with Gasteiger partial charge in [0.2, 0.25) is 0 Å². The van der Waals surface area contributed by atoms with E-state index in [2.05, 4.69) is 0 Å². The summed E-state index contributed by atoms with van der Waals surface area (Å²) < 4.78 is 2.13. The molecule has 0 aliphatic carbocycles. The van der Waals surface area contributed by atoms with Gasteiger partial charge in [0.25, 0.3) is 5.56 Å². The molecule has 1 rings (SSSR count). The number of hydrogen-bond acceptors (Lipinski definition) is 3. The van der Waals surface area contributed by atoms with Crippen molar-refractivity contribution in [1.29, 1.82) is 0 Å². The van der Waals surface area contributed by atoms with Gasteiger partial charge in [0.15, 0.2) is 5.75 Å². The molecule has 1 N–H and O–H groups in total. The van der Waals surface area contributed by atoms with Crippen molar-refractivity contribution in [3.8, 4) is 5.75 Å². The summed E-state index contributed by atoms with van der Waals surface area (Å²) >= 11 is 0. The van der Waals surface area contributed by atoms with E-state index in [0.29, 0.717) is 0 Å². The predicted molar refractivity (Wildman–Crippen MR) is 43.3 cm³/mol. The van der Waals surface area contributed by atoms with Crippen LogP contribution in [0.4, 0.5) is 0 Å². The maximum Gasteiger partial charge on any atom is 0.330 e. The molecule has 0 spiro atoms. The van der Waals surface area contributed by atoms with Crippen molar-refractivity contribution in [2.24, 2.45) is 7.05 Å². The number of aromatic hydroxyl groups is 1. The molecule has 5 heteroatoms. The highest BCUT2D eigenvalue weighted by Crippen LogP contribution is 1.93. The topological polar surface area (TPSA) is 64.2 Å². The lowest BCUT2D eigenvalue weighted by atomic mass is 10.5. The van der Waals surface area contributed by atoms with E-state index < -0.39 is 17.0 Å². The summed E-state index contributed by atoms with van der Waals surface area (Å²) in [7, 11) is 1.48. The maximum atomic E-state index is 11.2. The molecule has 66 valence electrons. The molecule has 0 aromatic carbocycles. The van der Waals surface area contributed by atoms with Crippen LogP contribution in [0.15, 0.2) is 15.8 Å². The van der Waals surface area contributed by atoms with Crippen LogP contribution in [0.2, 0.25) is 0 Å². The zero-order valence-corrected chi connectivity index (χ0v) is 6.94. The Morgan fingerprint density at radius 1 is 1.50 bits per heavy atom. The number of aromatic nitrogens is 2. The first-order valence-electron chi connectivity index (χ1n) is 3.57. The maximum absolute atomic E-state index is 11.2. The van der Waals surface area contributed by atoms with Gasteiger partial charge in [0.1, 0.15) is 0 Å². The van der Waals surface area contributed by atoms with Crippen LogP contribution >= 0.6 is 0 Å². The second kappa shape index (κ2) is 2.84. The van der Waals surface area contributed by atoms with Crippen LogP contribution in [0.3, 0.4) is 0 Å². The van der Waals surface area contributed by atoms with E-state index in [1.807, 2.05) is 0 Å². The van der Waals surface area contributed by atoms with Gasteiger partial charge < -0.3 is 5.11 Å². The van der Waals surface area contributed by atoms with Gasteiger partial charge in [0.05, 0.1) is 6.20 Å². The van der Waals surface area contributed by atoms with Gasteiger partial charge in [-0.1, -0.05) is 0 Å². The van der Waals surface area contributed by atoms with Crippen LogP contribution in [-0.2, 0) is 13.6 Å². The van der Waals surface area contributed by atoms with Crippen LogP contribution in [0.5, 0.6) is 5.75 Å². The fourth-order valence-corrected chi connectivity index (χ4v) is 0.988. The van der Waals surface area contributed by atoms with Crippen LogP contribution in [0.25, 0.3) is 0 Å². The summed E-state index contributed by atoms with van der Waals surface area (Å²) in [5.41, 5.74) is -1.05. The van der Waals surface area contributed by atoms with E-state index in [1.54, 1.807) is 6.92 Å². The number of aryl methyl sites for hydroxylation is 1. The quantitative estimate of drug-likeness (QED) is 0.604.